The number of ether oxygens (including phenoxy) is 3. The van der Waals surface area contributed by atoms with Gasteiger partial charge >= 0.3 is 5.97 Å². The van der Waals surface area contributed by atoms with Gasteiger partial charge in [0.15, 0.2) is 0 Å². The molecule has 4 aromatic rings. The lowest BCUT2D eigenvalue weighted by Gasteiger charge is -2.30. The molecule has 0 spiro atoms. The highest BCUT2D eigenvalue weighted by atomic mass is 16.5. The Morgan fingerprint density at radius 1 is 0.917 bits per heavy atom. The van der Waals surface area contributed by atoms with E-state index in [-0.39, 0.29) is 5.91 Å². The third kappa shape index (κ3) is 4.92. The Bertz CT molecular complexity index is 1370. The van der Waals surface area contributed by atoms with Crippen LogP contribution in [0.25, 0.3) is 22.2 Å². The maximum Gasteiger partial charge on any atom is 0.340 e. The van der Waals surface area contributed by atoms with Crippen molar-refractivity contribution in [2.75, 3.05) is 33.4 Å². The van der Waals surface area contributed by atoms with Crippen LogP contribution in [0.2, 0.25) is 0 Å². The number of amides is 1. The number of morpholine rings is 1. The van der Waals surface area contributed by atoms with Gasteiger partial charge < -0.3 is 19.1 Å². The van der Waals surface area contributed by atoms with E-state index in [1.165, 1.54) is 0 Å². The number of rotatable bonds is 6. The number of carbonyl (C=O) groups excluding carboxylic acids is 2. The standard InChI is InChI=1S/C29H26N2O5/c1-34-22-13-11-20(12-14-22)26-19-24(23-9-5-6-10-25(23)30-26)29(33)36-27(21-7-3-2-4-8-21)28(32)31-15-17-35-18-16-31/h2-14,19,27H,15-18H2,1H3. The lowest BCUT2D eigenvalue weighted by atomic mass is 10.0. The molecule has 0 bridgehead atoms. The number of carbonyl (C=O) groups is 2. The van der Waals surface area contributed by atoms with Gasteiger partial charge in [-0.2, -0.15) is 0 Å². The minimum atomic E-state index is -1.06. The van der Waals surface area contributed by atoms with E-state index in [4.69, 9.17) is 19.2 Å². The molecule has 7 nitrogen and oxygen atoms in total. The zero-order valence-corrected chi connectivity index (χ0v) is 19.9. The molecule has 1 aromatic heterocycles. The number of hydrogen-bond donors (Lipinski definition) is 0. The minimum absolute atomic E-state index is 0.258. The molecule has 5 rings (SSSR count). The van der Waals surface area contributed by atoms with Crippen molar-refractivity contribution in [3.05, 3.63) is 96.1 Å². The number of hydrogen-bond acceptors (Lipinski definition) is 6. The van der Waals surface area contributed by atoms with E-state index in [0.29, 0.717) is 54.0 Å². The monoisotopic (exact) mass is 482 g/mol. The maximum absolute atomic E-state index is 13.6. The summed E-state index contributed by atoms with van der Waals surface area (Å²) in [6.45, 7) is 1.84. The topological polar surface area (TPSA) is 78.0 Å². The summed E-state index contributed by atoms with van der Waals surface area (Å²) in [5.74, 6) is -0.114. The van der Waals surface area contributed by atoms with Crippen molar-refractivity contribution in [2.24, 2.45) is 0 Å². The molecule has 2 heterocycles. The average molecular weight is 483 g/mol. The molecule has 36 heavy (non-hydrogen) atoms. The summed E-state index contributed by atoms with van der Waals surface area (Å²) in [7, 11) is 1.61. The molecule has 1 saturated heterocycles. The number of benzene rings is 3. The van der Waals surface area contributed by atoms with E-state index in [2.05, 4.69) is 0 Å². The van der Waals surface area contributed by atoms with Crippen LogP contribution in [-0.4, -0.2) is 55.2 Å². The fraction of sp³-hybridized carbons (Fsp3) is 0.207. The first-order valence-corrected chi connectivity index (χ1v) is 11.8. The molecule has 0 aliphatic carbocycles. The van der Waals surface area contributed by atoms with Crippen LogP contribution in [0.3, 0.4) is 0 Å². The van der Waals surface area contributed by atoms with Gasteiger partial charge in [-0.15, -0.1) is 0 Å². The predicted molar refractivity (Wildman–Crippen MR) is 136 cm³/mol. The summed E-state index contributed by atoms with van der Waals surface area (Å²) in [5, 5.41) is 0.658. The molecule has 7 heteroatoms. The van der Waals surface area contributed by atoms with Gasteiger partial charge in [0.05, 0.1) is 37.1 Å². The van der Waals surface area contributed by atoms with E-state index in [9.17, 15) is 9.59 Å². The molecule has 3 aromatic carbocycles. The molecule has 1 aliphatic rings. The number of methoxy groups -OCH3 is 1. The Morgan fingerprint density at radius 3 is 2.33 bits per heavy atom. The molecule has 1 amide bonds. The van der Waals surface area contributed by atoms with E-state index in [1.807, 2.05) is 66.7 Å². The number of aromatic nitrogens is 1. The molecule has 1 fully saturated rings. The Morgan fingerprint density at radius 2 is 1.61 bits per heavy atom. The largest absolute Gasteiger partial charge is 0.497 e. The number of esters is 1. The van der Waals surface area contributed by atoms with Crippen molar-refractivity contribution in [3.63, 3.8) is 0 Å². The number of fused-ring (bicyclic) bond motifs is 1. The maximum atomic E-state index is 13.6. The van der Waals surface area contributed by atoms with Gasteiger partial charge in [0.25, 0.3) is 5.91 Å². The Labute approximate surface area is 209 Å². The smallest absolute Gasteiger partial charge is 0.340 e. The molecule has 1 aliphatic heterocycles. The Balaban J connectivity index is 1.52. The SMILES string of the molecule is COc1ccc(-c2cc(C(=O)OC(C(=O)N3CCOCC3)c3ccccc3)c3ccccc3n2)cc1. The van der Waals surface area contributed by atoms with Gasteiger partial charge in [-0.25, -0.2) is 9.78 Å². The van der Waals surface area contributed by atoms with Crippen molar-refractivity contribution in [1.29, 1.82) is 0 Å². The molecule has 0 N–H and O–H groups in total. The normalized spacial score (nSPS) is 14.3. The molecule has 1 unspecified atom stereocenters. The fourth-order valence-corrected chi connectivity index (χ4v) is 4.26. The Hall–Kier alpha value is -4.23. The highest BCUT2D eigenvalue weighted by Crippen LogP contribution is 2.29. The second-order valence-corrected chi connectivity index (χ2v) is 8.43. The second kappa shape index (κ2) is 10.6. The number of nitrogens with zero attached hydrogens (tertiary/aromatic N) is 2. The fourth-order valence-electron chi connectivity index (χ4n) is 4.26. The lowest BCUT2D eigenvalue weighted by molar-refractivity contribution is -0.145. The van der Waals surface area contributed by atoms with Crippen molar-refractivity contribution < 1.29 is 23.8 Å². The zero-order chi connectivity index (χ0) is 24.9. The summed E-state index contributed by atoms with van der Waals surface area (Å²) >= 11 is 0. The minimum Gasteiger partial charge on any atom is -0.497 e. The van der Waals surface area contributed by atoms with Gasteiger partial charge in [-0.05, 0) is 36.4 Å². The molecule has 182 valence electrons. The van der Waals surface area contributed by atoms with Crippen LogP contribution in [0, 0.1) is 0 Å². The van der Waals surface area contributed by atoms with Crippen LogP contribution in [-0.2, 0) is 14.3 Å². The molecule has 0 radical (unpaired) electrons. The van der Waals surface area contributed by atoms with Gasteiger partial charge in [0, 0.05) is 29.6 Å². The first-order chi connectivity index (χ1) is 17.6. The quantitative estimate of drug-likeness (QED) is 0.372. The van der Waals surface area contributed by atoms with Gasteiger partial charge in [0.2, 0.25) is 6.10 Å². The summed E-state index contributed by atoms with van der Waals surface area (Å²) in [5.41, 5.74) is 3.09. The number of pyridine rings is 1. The van der Waals surface area contributed by atoms with Gasteiger partial charge in [0.1, 0.15) is 5.75 Å². The third-order valence-electron chi connectivity index (χ3n) is 6.20. The van der Waals surface area contributed by atoms with E-state index >= 15 is 0 Å². The average Bonchev–Trinajstić information content (AvgIpc) is 2.95. The molecule has 1 atom stereocenters. The van der Waals surface area contributed by atoms with Crippen LogP contribution in [0.4, 0.5) is 0 Å². The molecule has 0 saturated carbocycles. The van der Waals surface area contributed by atoms with E-state index in [1.54, 1.807) is 30.2 Å². The Kier molecular flexibility index (Phi) is 6.91. The molecular weight excluding hydrogens is 456 g/mol. The van der Waals surface area contributed by atoms with Crippen LogP contribution < -0.4 is 4.74 Å². The van der Waals surface area contributed by atoms with Crippen molar-refractivity contribution in [2.45, 2.75) is 6.10 Å². The summed E-state index contributed by atoms with van der Waals surface area (Å²) in [6.07, 6.45) is -1.06. The third-order valence-corrected chi connectivity index (χ3v) is 6.20. The lowest BCUT2D eigenvalue weighted by Crippen LogP contribution is -2.44. The zero-order valence-electron chi connectivity index (χ0n) is 19.9. The van der Waals surface area contributed by atoms with Crippen molar-refractivity contribution in [1.82, 2.24) is 9.88 Å². The van der Waals surface area contributed by atoms with Crippen LogP contribution in [0.1, 0.15) is 22.0 Å². The van der Waals surface area contributed by atoms with Gasteiger partial charge in [-0.3, -0.25) is 4.79 Å². The van der Waals surface area contributed by atoms with Crippen molar-refractivity contribution >= 4 is 22.8 Å². The summed E-state index contributed by atoms with van der Waals surface area (Å²) in [6, 6.07) is 25.7. The highest BCUT2D eigenvalue weighted by molar-refractivity contribution is 6.05. The van der Waals surface area contributed by atoms with Crippen LogP contribution >= 0.6 is 0 Å². The van der Waals surface area contributed by atoms with E-state index < -0.39 is 12.1 Å². The summed E-state index contributed by atoms with van der Waals surface area (Å²) in [4.78, 5) is 33.5. The molecular formula is C29H26N2O5. The summed E-state index contributed by atoms with van der Waals surface area (Å²) < 4.78 is 16.6. The second-order valence-electron chi connectivity index (χ2n) is 8.43. The van der Waals surface area contributed by atoms with E-state index in [0.717, 1.165) is 11.3 Å². The van der Waals surface area contributed by atoms with Gasteiger partial charge in [-0.1, -0.05) is 48.5 Å². The number of para-hydroxylation sites is 1. The van der Waals surface area contributed by atoms with Crippen LogP contribution in [0.5, 0.6) is 5.75 Å². The predicted octanol–water partition coefficient (Wildman–Crippen LogP) is 4.67. The first-order valence-electron chi connectivity index (χ1n) is 11.8. The highest BCUT2D eigenvalue weighted by Gasteiger charge is 2.31. The first kappa shape index (κ1) is 23.5. The van der Waals surface area contributed by atoms with Crippen LogP contribution in [0.15, 0.2) is 84.9 Å². The van der Waals surface area contributed by atoms with Crippen molar-refractivity contribution in [3.8, 4) is 17.0 Å².